The number of carbonyl (C=O) groups is 1. The summed E-state index contributed by atoms with van der Waals surface area (Å²) in [6, 6.07) is -0.441. The van der Waals surface area contributed by atoms with E-state index in [1.54, 1.807) is 6.92 Å². The number of rotatable bonds is 4. The van der Waals surface area contributed by atoms with Crippen molar-refractivity contribution in [2.45, 2.75) is 39.3 Å². The molecule has 0 bridgehead atoms. The Morgan fingerprint density at radius 1 is 1.47 bits per heavy atom. The monoisotopic (exact) mass is 263 g/mol. The molecule has 0 aromatic heterocycles. The molecule has 1 fully saturated rings. The fourth-order valence-corrected chi connectivity index (χ4v) is 3.83. The highest BCUT2D eigenvalue weighted by Crippen LogP contribution is 2.17. The maximum absolute atomic E-state index is 11.8. The summed E-state index contributed by atoms with van der Waals surface area (Å²) in [5.41, 5.74) is 0. The van der Waals surface area contributed by atoms with E-state index in [9.17, 15) is 13.2 Å². The van der Waals surface area contributed by atoms with Crippen LogP contribution in [0.3, 0.4) is 0 Å². The second-order valence-corrected chi connectivity index (χ2v) is 6.61. The first-order valence-corrected chi connectivity index (χ1v) is 7.86. The quantitative estimate of drug-likeness (QED) is 0.689. The number of hydrogen-bond donors (Lipinski definition) is 0. The van der Waals surface area contributed by atoms with Crippen molar-refractivity contribution in [3.63, 3.8) is 0 Å². The second-order valence-electron chi connectivity index (χ2n) is 4.38. The zero-order chi connectivity index (χ0) is 13.1. The lowest BCUT2D eigenvalue weighted by molar-refractivity contribution is -0.150. The lowest BCUT2D eigenvalue weighted by Crippen LogP contribution is -2.54. The zero-order valence-electron chi connectivity index (χ0n) is 10.7. The van der Waals surface area contributed by atoms with Gasteiger partial charge in [-0.3, -0.25) is 9.69 Å². The Morgan fingerprint density at radius 3 is 2.59 bits per heavy atom. The Hall–Kier alpha value is -0.620. The maximum atomic E-state index is 11.8. The van der Waals surface area contributed by atoms with Crippen molar-refractivity contribution in [1.82, 2.24) is 4.90 Å². The summed E-state index contributed by atoms with van der Waals surface area (Å²) >= 11 is 0. The van der Waals surface area contributed by atoms with Gasteiger partial charge in [-0.1, -0.05) is 6.92 Å². The summed E-state index contributed by atoms with van der Waals surface area (Å²) in [4.78, 5) is 13.7. The van der Waals surface area contributed by atoms with Crippen LogP contribution in [-0.4, -0.2) is 56.0 Å². The average molecular weight is 263 g/mol. The molecular weight excluding hydrogens is 242 g/mol. The number of esters is 1. The smallest absolute Gasteiger partial charge is 0.323 e. The van der Waals surface area contributed by atoms with Crippen LogP contribution < -0.4 is 0 Å². The highest BCUT2D eigenvalue weighted by Gasteiger charge is 2.35. The molecule has 0 N–H and O–H groups in total. The second kappa shape index (κ2) is 5.82. The van der Waals surface area contributed by atoms with Gasteiger partial charge in [0.05, 0.1) is 18.1 Å². The van der Waals surface area contributed by atoms with Gasteiger partial charge in [0.1, 0.15) is 6.04 Å². The van der Waals surface area contributed by atoms with E-state index >= 15 is 0 Å². The summed E-state index contributed by atoms with van der Waals surface area (Å²) in [5.74, 6) is 0.0111. The Labute approximate surface area is 103 Å². The lowest BCUT2D eigenvalue weighted by atomic mass is 10.1. The number of nitrogens with zero attached hydrogens (tertiary/aromatic N) is 1. The van der Waals surface area contributed by atoms with Crippen LogP contribution >= 0.6 is 0 Å². The molecule has 0 spiro atoms. The van der Waals surface area contributed by atoms with Crippen molar-refractivity contribution in [2.24, 2.45) is 0 Å². The van der Waals surface area contributed by atoms with Gasteiger partial charge in [0.15, 0.2) is 9.84 Å². The molecule has 2 unspecified atom stereocenters. The highest BCUT2D eigenvalue weighted by molar-refractivity contribution is 7.91. The van der Waals surface area contributed by atoms with Gasteiger partial charge in [0, 0.05) is 12.6 Å². The Bertz CT molecular complexity index is 366. The van der Waals surface area contributed by atoms with Gasteiger partial charge in [0.25, 0.3) is 0 Å². The van der Waals surface area contributed by atoms with E-state index in [-0.39, 0.29) is 29.6 Å². The molecule has 0 aliphatic carbocycles. The minimum absolute atomic E-state index is 0.122. The molecule has 0 aromatic rings. The summed E-state index contributed by atoms with van der Waals surface area (Å²) in [6.07, 6.45) is 0.642. The molecule has 100 valence electrons. The maximum Gasteiger partial charge on any atom is 0.323 e. The van der Waals surface area contributed by atoms with Crippen LogP contribution in [-0.2, 0) is 19.4 Å². The molecule has 5 nitrogen and oxygen atoms in total. The topological polar surface area (TPSA) is 63.7 Å². The standard InChI is InChI=1S/C11H21NO4S/c1-4-10(11(13)16-5-2)12-6-7-17(14,15)8-9(12)3/h9-10H,4-8H2,1-3H3. The van der Waals surface area contributed by atoms with Crippen LogP contribution in [0.1, 0.15) is 27.2 Å². The zero-order valence-corrected chi connectivity index (χ0v) is 11.5. The largest absolute Gasteiger partial charge is 0.465 e. The van der Waals surface area contributed by atoms with Gasteiger partial charge >= 0.3 is 5.97 Å². The predicted octanol–water partition coefficient (Wildman–Crippen LogP) is 0.447. The third-order valence-electron chi connectivity index (χ3n) is 3.07. The number of hydrogen-bond acceptors (Lipinski definition) is 5. The van der Waals surface area contributed by atoms with Crippen molar-refractivity contribution < 1.29 is 17.9 Å². The number of carbonyl (C=O) groups excluding carboxylic acids is 1. The summed E-state index contributed by atoms with van der Waals surface area (Å²) < 4.78 is 28.0. The molecule has 1 aliphatic rings. The SMILES string of the molecule is CCOC(=O)C(CC)N1CCS(=O)(=O)CC1C. The van der Waals surface area contributed by atoms with Crippen LogP contribution in [0.2, 0.25) is 0 Å². The van der Waals surface area contributed by atoms with E-state index < -0.39 is 9.84 Å². The fraction of sp³-hybridized carbons (Fsp3) is 0.909. The number of ether oxygens (including phenoxy) is 1. The van der Waals surface area contributed by atoms with Gasteiger partial charge in [-0.15, -0.1) is 0 Å². The predicted molar refractivity (Wildman–Crippen MR) is 65.5 cm³/mol. The van der Waals surface area contributed by atoms with E-state index in [0.717, 1.165) is 0 Å². The minimum atomic E-state index is -2.94. The van der Waals surface area contributed by atoms with Gasteiger partial charge in [-0.2, -0.15) is 0 Å². The van der Waals surface area contributed by atoms with Crippen molar-refractivity contribution in [3.05, 3.63) is 0 Å². The summed E-state index contributed by atoms with van der Waals surface area (Å²) in [6.45, 7) is 6.31. The molecule has 17 heavy (non-hydrogen) atoms. The molecule has 6 heteroatoms. The molecule has 0 amide bonds. The molecule has 0 aromatic carbocycles. The Morgan fingerprint density at radius 2 is 2.12 bits per heavy atom. The van der Waals surface area contributed by atoms with Crippen molar-refractivity contribution in [1.29, 1.82) is 0 Å². The fourth-order valence-electron chi connectivity index (χ4n) is 2.25. The first-order valence-electron chi connectivity index (χ1n) is 6.04. The molecule has 1 saturated heterocycles. The number of sulfone groups is 1. The summed E-state index contributed by atoms with van der Waals surface area (Å²) in [7, 11) is -2.94. The van der Waals surface area contributed by atoms with Gasteiger partial charge in [-0.05, 0) is 20.3 Å². The van der Waals surface area contributed by atoms with Crippen LogP contribution in [0, 0.1) is 0 Å². The molecule has 2 atom stereocenters. The van der Waals surface area contributed by atoms with Crippen LogP contribution in [0.25, 0.3) is 0 Å². The summed E-state index contributed by atoms with van der Waals surface area (Å²) in [5, 5.41) is 0. The van der Waals surface area contributed by atoms with E-state index in [1.165, 1.54) is 0 Å². The van der Waals surface area contributed by atoms with Crippen LogP contribution in [0.4, 0.5) is 0 Å². The highest BCUT2D eigenvalue weighted by atomic mass is 32.2. The molecule has 1 rings (SSSR count). The minimum Gasteiger partial charge on any atom is -0.465 e. The van der Waals surface area contributed by atoms with Crippen LogP contribution in [0.5, 0.6) is 0 Å². The molecular formula is C11H21NO4S. The van der Waals surface area contributed by atoms with E-state index in [4.69, 9.17) is 4.74 Å². The van der Waals surface area contributed by atoms with Gasteiger partial charge < -0.3 is 4.74 Å². The first kappa shape index (κ1) is 14.4. The van der Waals surface area contributed by atoms with E-state index in [1.807, 2.05) is 18.7 Å². The average Bonchev–Trinajstić information content (AvgIpc) is 2.21. The lowest BCUT2D eigenvalue weighted by Gasteiger charge is -2.37. The normalized spacial score (nSPS) is 26.4. The Balaban J connectivity index is 2.74. The van der Waals surface area contributed by atoms with Crippen molar-refractivity contribution >= 4 is 15.8 Å². The molecule has 1 aliphatic heterocycles. The third kappa shape index (κ3) is 3.67. The van der Waals surface area contributed by atoms with E-state index in [0.29, 0.717) is 19.6 Å². The first-order chi connectivity index (χ1) is 7.91. The third-order valence-corrected chi connectivity index (χ3v) is 4.86. The molecule has 0 radical (unpaired) electrons. The molecule has 0 saturated carbocycles. The van der Waals surface area contributed by atoms with E-state index in [2.05, 4.69) is 0 Å². The van der Waals surface area contributed by atoms with Crippen molar-refractivity contribution in [3.8, 4) is 0 Å². The van der Waals surface area contributed by atoms with Gasteiger partial charge in [0.2, 0.25) is 0 Å². The van der Waals surface area contributed by atoms with Crippen molar-refractivity contribution in [2.75, 3.05) is 24.7 Å². The van der Waals surface area contributed by atoms with Gasteiger partial charge in [-0.25, -0.2) is 8.42 Å². The molecule has 1 heterocycles. The van der Waals surface area contributed by atoms with Crippen LogP contribution in [0.15, 0.2) is 0 Å². The Kier molecular flexibility index (Phi) is 4.94.